The average Bonchev–Trinajstić information content (AvgIpc) is 2.72. The highest BCUT2D eigenvalue weighted by Crippen LogP contribution is 2.22. The van der Waals surface area contributed by atoms with Crippen LogP contribution in [0.2, 0.25) is 0 Å². The summed E-state index contributed by atoms with van der Waals surface area (Å²) < 4.78 is 0. The predicted octanol–water partition coefficient (Wildman–Crippen LogP) is 3.30. The first-order valence-electron chi connectivity index (χ1n) is 9.76. The molecule has 0 aliphatic heterocycles. The van der Waals surface area contributed by atoms with E-state index in [4.69, 9.17) is 0 Å². The van der Waals surface area contributed by atoms with Gasteiger partial charge in [0.15, 0.2) is 5.96 Å². The summed E-state index contributed by atoms with van der Waals surface area (Å²) in [5, 5.41) is 18.9. The Balaban J connectivity index is 1.80. The summed E-state index contributed by atoms with van der Waals surface area (Å²) in [7, 11) is 0. The van der Waals surface area contributed by atoms with Crippen LogP contribution in [-0.2, 0) is 6.54 Å². The molecule has 2 aromatic carbocycles. The molecule has 0 aromatic heterocycles. The number of aromatic hydroxyl groups is 1. The molecule has 1 amide bonds. The Hall–Kier alpha value is -2.67. The topological polar surface area (TPSA) is 85.8 Å². The number of benzene rings is 2. The van der Waals surface area contributed by atoms with E-state index in [-0.39, 0.29) is 11.7 Å². The van der Waals surface area contributed by atoms with Crippen LogP contribution in [0.5, 0.6) is 5.75 Å². The zero-order valence-electron chi connectivity index (χ0n) is 17.3. The van der Waals surface area contributed by atoms with Gasteiger partial charge in [-0.2, -0.15) is 0 Å². The van der Waals surface area contributed by atoms with Crippen molar-refractivity contribution in [2.45, 2.75) is 31.7 Å². The molecule has 0 heterocycles. The summed E-state index contributed by atoms with van der Waals surface area (Å²) in [6.45, 7) is 6.75. The second-order valence-electron chi connectivity index (χ2n) is 6.60. The van der Waals surface area contributed by atoms with Gasteiger partial charge in [0.2, 0.25) is 0 Å². The maximum Gasteiger partial charge on any atom is 0.251 e. The van der Waals surface area contributed by atoms with Crippen molar-refractivity contribution in [3.05, 3.63) is 59.2 Å². The van der Waals surface area contributed by atoms with Gasteiger partial charge in [-0.05, 0) is 61.9 Å². The molecule has 0 spiro atoms. The lowest BCUT2D eigenvalue weighted by Crippen LogP contribution is -2.38. The molecule has 0 atom stereocenters. The first kappa shape index (κ1) is 22.6. The average molecular weight is 415 g/mol. The zero-order valence-corrected chi connectivity index (χ0v) is 18.1. The monoisotopic (exact) mass is 414 g/mol. The quantitative estimate of drug-likeness (QED) is 0.219. The van der Waals surface area contributed by atoms with E-state index >= 15 is 0 Å². The normalized spacial score (nSPS) is 11.2. The van der Waals surface area contributed by atoms with E-state index in [1.807, 2.05) is 6.92 Å². The molecule has 0 radical (unpaired) electrons. The Bertz CT molecular complexity index is 839. The van der Waals surface area contributed by atoms with Gasteiger partial charge in [0.1, 0.15) is 5.75 Å². The Morgan fingerprint density at radius 2 is 1.90 bits per heavy atom. The van der Waals surface area contributed by atoms with Gasteiger partial charge >= 0.3 is 0 Å². The van der Waals surface area contributed by atoms with Gasteiger partial charge in [-0.15, -0.1) is 11.8 Å². The lowest BCUT2D eigenvalue weighted by atomic mass is 10.1. The van der Waals surface area contributed by atoms with Crippen LogP contribution >= 0.6 is 11.8 Å². The van der Waals surface area contributed by atoms with E-state index in [2.05, 4.69) is 52.3 Å². The molecule has 0 bridgehead atoms. The number of amides is 1. The first-order chi connectivity index (χ1) is 14.0. The summed E-state index contributed by atoms with van der Waals surface area (Å²) in [6, 6.07) is 12.8. The number of aliphatic imine (C=N–C) groups is 1. The molecule has 0 saturated heterocycles. The molecule has 2 rings (SSSR count). The molecule has 6 nitrogen and oxygen atoms in total. The number of guanidine groups is 1. The number of aryl methyl sites for hydroxylation is 1. The smallest absolute Gasteiger partial charge is 0.251 e. The van der Waals surface area contributed by atoms with Gasteiger partial charge in [0, 0.05) is 30.1 Å². The van der Waals surface area contributed by atoms with Crippen LogP contribution in [0.15, 0.2) is 52.4 Å². The first-order valence-corrected chi connectivity index (χ1v) is 11.0. The highest BCUT2D eigenvalue weighted by Gasteiger charge is 2.06. The van der Waals surface area contributed by atoms with Gasteiger partial charge in [-0.1, -0.05) is 18.2 Å². The number of thioether (sulfide) groups is 1. The van der Waals surface area contributed by atoms with Crippen molar-refractivity contribution in [2.75, 3.05) is 25.9 Å². The second-order valence-corrected chi connectivity index (χ2v) is 7.45. The Morgan fingerprint density at radius 3 is 2.62 bits per heavy atom. The lowest BCUT2D eigenvalue weighted by Gasteiger charge is -2.12. The molecule has 0 aliphatic rings. The highest BCUT2D eigenvalue weighted by atomic mass is 32.2. The van der Waals surface area contributed by atoms with Gasteiger partial charge in [-0.25, -0.2) is 4.99 Å². The highest BCUT2D eigenvalue weighted by molar-refractivity contribution is 7.98. The minimum Gasteiger partial charge on any atom is -0.508 e. The number of hydrogen-bond donors (Lipinski definition) is 4. The number of phenolic OH excluding ortho intramolecular Hbond substituents is 1. The van der Waals surface area contributed by atoms with Crippen LogP contribution in [0.1, 0.15) is 34.8 Å². The summed E-state index contributed by atoms with van der Waals surface area (Å²) in [5.41, 5.74) is 2.91. The number of rotatable bonds is 9. The SMILES string of the molecule is CCNC(=NCc1ccc(C)cc1SC)NCCCNC(=O)c1cccc(O)c1. The van der Waals surface area contributed by atoms with Gasteiger partial charge < -0.3 is 21.1 Å². The molecule has 7 heteroatoms. The molecule has 0 unspecified atom stereocenters. The summed E-state index contributed by atoms with van der Waals surface area (Å²) in [4.78, 5) is 18.0. The van der Waals surface area contributed by atoms with Crippen molar-refractivity contribution in [2.24, 2.45) is 4.99 Å². The van der Waals surface area contributed by atoms with Crippen LogP contribution in [0.25, 0.3) is 0 Å². The molecular formula is C22H30N4O2S. The van der Waals surface area contributed by atoms with Crippen molar-refractivity contribution < 1.29 is 9.90 Å². The largest absolute Gasteiger partial charge is 0.508 e. The van der Waals surface area contributed by atoms with Crippen molar-refractivity contribution in [1.29, 1.82) is 0 Å². The van der Waals surface area contributed by atoms with E-state index in [1.54, 1.807) is 30.0 Å². The van der Waals surface area contributed by atoms with E-state index in [1.165, 1.54) is 22.1 Å². The van der Waals surface area contributed by atoms with Crippen molar-refractivity contribution in [1.82, 2.24) is 16.0 Å². The predicted molar refractivity (Wildman–Crippen MR) is 121 cm³/mol. The molecule has 156 valence electrons. The fourth-order valence-electron chi connectivity index (χ4n) is 2.73. The lowest BCUT2D eigenvalue weighted by molar-refractivity contribution is 0.0953. The number of phenols is 1. The minimum absolute atomic E-state index is 0.0871. The number of hydrogen-bond acceptors (Lipinski definition) is 4. The zero-order chi connectivity index (χ0) is 21.1. The van der Waals surface area contributed by atoms with Crippen molar-refractivity contribution in [3.63, 3.8) is 0 Å². The van der Waals surface area contributed by atoms with Crippen LogP contribution in [0.4, 0.5) is 0 Å². The number of nitrogens with zero attached hydrogens (tertiary/aromatic N) is 1. The van der Waals surface area contributed by atoms with Crippen molar-refractivity contribution >= 4 is 23.6 Å². The van der Waals surface area contributed by atoms with E-state index in [0.717, 1.165) is 18.9 Å². The maximum atomic E-state index is 12.1. The standard InChI is InChI=1S/C22H30N4O2S/c1-4-23-22(26-15-18-10-9-16(2)13-20(18)29-3)25-12-6-11-24-21(28)17-7-5-8-19(27)14-17/h5,7-10,13-14,27H,4,6,11-12,15H2,1-3H3,(H,24,28)(H2,23,25,26). The third-order valence-electron chi connectivity index (χ3n) is 4.23. The van der Waals surface area contributed by atoms with Gasteiger partial charge in [0.25, 0.3) is 5.91 Å². The van der Waals surface area contributed by atoms with E-state index in [0.29, 0.717) is 25.2 Å². The summed E-state index contributed by atoms with van der Waals surface area (Å²) in [6.07, 6.45) is 2.84. The van der Waals surface area contributed by atoms with Crippen LogP contribution < -0.4 is 16.0 Å². The second kappa shape index (κ2) is 12.0. The molecule has 4 N–H and O–H groups in total. The number of carbonyl (C=O) groups is 1. The van der Waals surface area contributed by atoms with Crippen LogP contribution in [0, 0.1) is 6.92 Å². The molecule has 0 saturated carbocycles. The van der Waals surface area contributed by atoms with Gasteiger partial charge in [-0.3, -0.25) is 4.79 Å². The summed E-state index contributed by atoms with van der Waals surface area (Å²) >= 11 is 1.73. The number of carbonyl (C=O) groups excluding carboxylic acids is 1. The number of nitrogens with one attached hydrogen (secondary N) is 3. The fraction of sp³-hybridized carbons (Fsp3) is 0.364. The van der Waals surface area contributed by atoms with E-state index in [9.17, 15) is 9.90 Å². The van der Waals surface area contributed by atoms with Gasteiger partial charge in [0.05, 0.1) is 6.54 Å². The third-order valence-corrected chi connectivity index (χ3v) is 5.05. The minimum atomic E-state index is -0.189. The Morgan fingerprint density at radius 1 is 1.10 bits per heavy atom. The molecule has 2 aromatic rings. The van der Waals surface area contributed by atoms with E-state index < -0.39 is 0 Å². The maximum absolute atomic E-state index is 12.1. The molecule has 0 aliphatic carbocycles. The van der Waals surface area contributed by atoms with Crippen LogP contribution in [0.3, 0.4) is 0 Å². The molecule has 29 heavy (non-hydrogen) atoms. The Labute approximate surface area is 177 Å². The summed E-state index contributed by atoms with van der Waals surface area (Å²) in [5.74, 6) is 0.661. The van der Waals surface area contributed by atoms with Crippen molar-refractivity contribution in [3.8, 4) is 5.75 Å². The molecule has 0 fully saturated rings. The third kappa shape index (κ3) is 7.69. The molecular weight excluding hydrogens is 384 g/mol. The van der Waals surface area contributed by atoms with Crippen LogP contribution in [-0.4, -0.2) is 42.9 Å². The fourth-order valence-corrected chi connectivity index (χ4v) is 3.43. The Kier molecular flexibility index (Phi) is 9.37.